The van der Waals surface area contributed by atoms with E-state index >= 15 is 0 Å². The quantitative estimate of drug-likeness (QED) is 0.841. The Kier molecular flexibility index (Phi) is 6.06. The van der Waals surface area contributed by atoms with Gasteiger partial charge in [0.25, 0.3) is 0 Å². The van der Waals surface area contributed by atoms with Crippen molar-refractivity contribution in [2.75, 3.05) is 27.0 Å². The molecule has 0 amide bonds. The maximum Gasteiger partial charge on any atom is 0.123 e. The van der Waals surface area contributed by atoms with Crippen LogP contribution in [0.3, 0.4) is 0 Å². The van der Waals surface area contributed by atoms with Gasteiger partial charge in [0, 0.05) is 33.4 Å². The van der Waals surface area contributed by atoms with Crippen LogP contribution in [0.5, 0.6) is 11.5 Å². The second-order valence-electron chi connectivity index (χ2n) is 5.40. The average molecular weight is 311 g/mol. The maximum absolute atomic E-state index is 12.5. The van der Waals surface area contributed by atoms with E-state index in [2.05, 4.69) is 5.32 Å². The van der Waals surface area contributed by atoms with Crippen LogP contribution in [0.25, 0.3) is 0 Å². The highest BCUT2D eigenvalue weighted by molar-refractivity contribution is 7.85. The number of benzene rings is 1. The molecule has 1 saturated carbocycles. The normalized spacial score (nSPS) is 18.4. The Morgan fingerprint density at radius 2 is 2.00 bits per heavy atom. The molecule has 1 aliphatic carbocycles. The highest BCUT2D eigenvalue weighted by Crippen LogP contribution is 2.31. The lowest BCUT2D eigenvalue weighted by Crippen LogP contribution is -2.27. The van der Waals surface area contributed by atoms with Crippen molar-refractivity contribution < 1.29 is 13.7 Å². The predicted octanol–water partition coefficient (Wildman–Crippen LogP) is 2.66. The van der Waals surface area contributed by atoms with E-state index in [0.29, 0.717) is 11.0 Å². The predicted molar refractivity (Wildman–Crippen MR) is 86.6 cm³/mol. The molecule has 2 unspecified atom stereocenters. The van der Waals surface area contributed by atoms with Crippen molar-refractivity contribution >= 4 is 10.8 Å². The number of hydrogen-bond donors (Lipinski definition) is 1. The molecule has 5 heteroatoms. The molecular weight excluding hydrogens is 286 g/mol. The van der Waals surface area contributed by atoms with E-state index in [-0.39, 0.29) is 6.04 Å². The molecule has 1 aromatic rings. The largest absolute Gasteiger partial charge is 0.497 e. The van der Waals surface area contributed by atoms with E-state index in [9.17, 15) is 4.21 Å². The molecule has 2 atom stereocenters. The van der Waals surface area contributed by atoms with Crippen LogP contribution in [-0.2, 0) is 10.8 Å². The summed E-state index contributed by atoms with van der Waals surface area (Å²) in [4.78, 5) is 0. The van der Waals surface area contributed by atoms with Crippen molar-refractivity contribution in [2.24, 2.45) is 0 Å². The number of ether oxygens (including phenoxy) is 2. The van der Waals surface area contributed by atoms with Crippen molar-refractivity contribution in [3.05, 3.63) is 23.8 Å². The minimum Gasteiger partial charge on any atom is -0.497 e. The lowest BCUT2D eigenvalue weighted by atomic mass is 10.1. The fourth-order valence-corrected chi connectivity index (χ4v) is 4.70. The summed E-state index contributed by atoms with van der Waals surface area (Å²) >= 11 is 0. The van der Waals surface area contributed by atoms with Crippen molar-refractivity contribution in [2.45, 2.75) is 37.0 Å². The van der Waals surface area contributed by atoms with Crippen molar-refractivity contribution in [1.82, 2.24) is 5.32 Å². The summed E-state index contributed by atoms with van der Waals surface area (Å²) in [6.45, 7) is 0. The van der Waals surface area contributed by atoms with Crippen LogP contribution < -0.4 is 14.8 Å². The third kappa shape index (κ3) is 3.98. The molecule has 21 heavy (non-hydrogen) atoms. The first-order chi connectivity index (χ1) is 10.2. The maximum atomic E-state index is 12.5. The monoisotopic (exact) mass is 311 g/mol. The molecular formula is C16H25NO3S. The van der Waals surface area contributed by atoms with Crippen LogP contribution in [0, 0.1) is 0 Å². The van der Waals surface area contributed by atoms with Crippen molar-refractivity contribution in [1.29, 1.82) is 0 Å². The zero-order valence-electron chi connectivity index (χ0n) is 13.1. The Labute approximate surface area is 129 Å². The summed E-state index contributed by atoms with van der Waals surface area (Å²) in [5, 5.41) is 3.63. The Bertz CT molecular complexity index is 486. The second-order valence-corrected chi connectivity index (χ2v) is 7.16. The van der Waals surface area contributed by atoms with Crippen molar-refractivity contribution in [3.8, 4) is 11.5 Å². The third-order valence-electron chi connectivity index (χ3n) is 4.17. The summed E-state index contributed by atoms with van der Waals surface area (Å²) in [6.07, 6.45) is 4.61. The highest BCUT2D eigenvalue weighted by Gasteiger charge is 2.25. The first-order valence-electron chi connectivity index (χ1n) is 7.46. The summed E-state index contributed by atoms with van der Waals surface area (Å²) in [7, 11) is 4.40. The Hall–Kier alpha value is -1.07. The van der Waals surface area contributed by atoms with Crippen LogP contribution in [0.4, 0.5) is 0 Å². The van der Waals surface area contributed by atoms with E-state index in [1.807, 2.05) is 25.2 Å². The second kappa shape index (κ2) is 7.80. The third-order valence-corrected chi connectivity index (χ3v) is 6.04. The van der Waals surface area contributed by atoms with Crippen LogP contribution >= 0.6 is 0 Å². The molecule has 0 aromatic heterocycles. The molecule has 2 rings (SSSR count). The highest BCUT2D eigenvalue weighted by atomic mass is 32.2. The Morgan fingerprint density at radius 1 is 1.29 bits per heavy atom. The molecule has 118 valence electrons. The lowest BCUT2D eigenvalue weighted by molar-refractivity contribution is 0.394. The molecule has 0 bridgehead atoms. The molecule has 0 saturated heterocycles. The number of methoxy groups -OCH3 is 2. The molecule has 0 heterocycles. The molecule has 1 fully saturated rings. The van der Waals surface area contributed by atoms with Crippen LogP contribution in [0.2, 0.25) is 0 Å². The minimum atomic E-state index is -0.803. The fourth-order valence-electron chi connectivity index (χ4n) is 2.89. The first kappa shape index (κ1) is 16.3. The number of hydrogen-bond acceptors (Lipinski definition) is 4. The Morgan fingerprint density at radius 3 is 2.57 bits per heavy atom. The van der Waals surface area contributed by atoms with E-state index in [1.165, 1.54) is 12.8 Å². The molecule has 4 nitrogen and oxygen atoms in total. The zero-order chi connectivity index (χ0) is 15.2. The molecule has 1 aromatic carbocycles. The van der Waals surface area contributed by atoms with Gasteiger partial charge in [0.05, 0.1) is 14.2 Å². The fraction of sp³-hybridized carbons (Fsp3) is 0.625. The van der Waals surface area contributed by atoms with Gasteiger partial charge in [-0.2, -0.15) is 0 Å². The average Bonchev–Trinajstić information content (AvgIpc) is 3.06. The SMILES string of the molecule is CNC(CS(=O)C1CCCC1)c1cc(OC)ccc1OC. The molecule has 1 N–H and O–H groups in total. The van der Waals surface area contributed by atoms with E-state index in [1.54, 1.807) is 14.2 Å². The minimum absolute atomic E-state index is 0.0106. The molecule has 0 radical (unpaired) electrons. The van der Waals surface area contributed by atoms with Gasteiger partial charge in [-0.25, -0.2) is 0 Å². The van der Waals surface area contributed by atoms with Gasteiger partial charge in [0.15, 0.2) is 0 Å². The van der Waals surface area contributed by atoms with Gasteiger partial charge in [-0.3, -0.25) is 4.21 Å². The summed E-state index contributed by atoms with van der Waals surface area (Å²) in [5.74, 6) is 2.21. The zero-order valence-corrected chi connectivity index (χ0v) is 13.9. The molecule has 0 aliphatic heterocycles. The van der Waals surface area contributed by atoms with Gasteiger partial charge in [-0.1, -0.05) is 12.8 Å². The van der Waals surface area contributed by atoms with Gasteiger partial charge in [-0.15, -0.1) is 0 Å². The Balaban J connectivity index is 2.17. The van der Waals surface area contributed by atoms with Gasteiger partial charge < -0.3 is 14.8 Å². The first-order valence-corrected chi connectivity index (χ1v) is 8.84. The summed E-state index contributed by atoms with van der Waals surface area (Å²) in [5.41, 5.74) is 1.01. The topological polar surface area (TPSA) is 47.6 Å². The van der Waals surface area contributed by atoms with Crippen LogP contribution in [-0.4, -0.2) is 36.5 Å². The van der Waals surface area contributed by atoms with Crippen LogP contribution in [0.15, 0.2) is 18.2 Å². The van der Waals surface area contributed by atoms with E-state index < -0.39 is 10.8 Å². The van der Waals surface area contributed by atoms with E-state index in [4.69, 9.17) is 9.47 Å². The molecule has 1 aliphatic rings. The van der Waals surface area contributed by atoms with Gasteiger partial charge in [-0.05, 0) is 38.1 Å². The van der Waals surface area contributed by atoms with Crippen molar-refractivity contribution in [3.63, 3.8) is 0 Å². The molecule has 0 spiro atoms. The van der Waals surface area contributed by atoms with Gasteiger partial charge in [0.1, 0.15) is 11.5 Å². The summed E-state index contributed by atoms with van der Waals surface area (Å²) < 4.78 is 23.3. The van der Waals surface area contributed by atoms with E-state index in [0.717, 1.165) is 29.9 Å². The number of rotatable bonds is 7. The summed E-state index contributed by atoms with van der Waals surface area (Å²) in [6, 6.07) is 5.75. The smallest absolute Gasteiger partial charge is 0.123 e. The number of nitrogens with one attached hydrogen (secondary N) is 1. The van der Waals surface area contributed by atoms with Gasteiger partial charge in [0.2, 0.25) is 0 Å². The van der Waals surface area contributed by atoms with Crippen LogP contribution in [0.1, 0.15) is 37.3 Å². The lowest BCUT2D eigenvalue weighted by Gasteiger charge is -2.21. The standard InChI is InChI=1S/C16H25NO3S/c1-17-15(11-21(18)13-6-4-5-7-13)14-10-12(19-2)8-9-16(14)20-3/h8-10,13,15,17H,4-7,11H2,1-3H3. The van der Waals surface area contributed by atoms with Gasteiger partial charge >= 0.3 is 0 Å².